The molecule has 4 rings (SSSR count). The van der Waals surface area contributed by atoms with Gasteiger partial charge in [0.15, 0.2) is 10.8 Å². The fourth-order valence-electron chi connectivity index (χ4n) is 4.74. The Morgan fingerprint density at radius 1 is 1.18 bits per heavy atom. The fraction of sp³-hybridized carbons (Fsp3) is 0.542. The lowest BCUT2D eigenvalue weighted by Crippen LogP contribution is -2.45. The number of hydrogen-bond acceptors (Lipinski definition) is 5. The van der Waals surface area contributed by atoms with E-state index in [1.165, 1.54) is 5.56 Å². The van der Waals surface area contributed by atoms with Gasteiger partial charge in [0.1, 0.15) is 5.82 Å². The molecule has 1 aromatic heterocycles. The first kappa shape index (κ1) is 24.7. The molecule has 2 saturated heterocycles. The van der Waals surface area contributed by atoms with E-state index in [1.54, 1.807) is 0 Å². The zero-order chi connectivity index (χ0) is 24.2. The molecule has 0 spiro atoms. The van der Waals surface area contributed by atoms with Crippen molar-refractivity contribution in [2.45, 2.75) is 56.7 Å². The molecule has 0 bridgehead atoms. The van der Waals surface area contributed by atoms with Crippen molar-refractivity contribution < 1.29 is 17.9 Å². The van der Waals surface area contributed by atoms with Crippen LogP contribution in [0.3, 0.4) is 0 Å². The molecule has 2 aliphatic heterocycles. The zero-order valence-corrected chi connectivity index (χ0v) is 20.0. The Morgan fingerprint density at radius 2 is 1.91 bits per heavy atom. The number of nitrogens with one attached hydrogen (secondary N) is 2. The number of ether oxygens (including phenoxy) is 1. The fourth-order valence-corrected chi connectivity index (χ4v) is 4.90. The molecular formula is C24H30F3N5OS. The summed E-state index contributed by atoms with van der Waals surface area (Å²) in [7, 11) is 0. The molecule has 0 saturated carbocycles. The Kier molecular flexibility index (Phi) is 7.57. The van der Waals surface area contributed by atoms with Crippen LogP contribution in [0.4, 0.5) is 24.9 Å². The minimum atomic E-state index is -4.58. The first-order valence-electron chi connectivity index (χ1n) is 11.7. The summed E-state index contributed by atoms with van der Waals surface area (Å²) < 4.78 is 46.3. The van der Waals surface area contributed by atoms with Gasteiger partial charge in [0.2, 0.25) is 5.95 Å². The molecule has 0 amide bonds. The van der Waals surface area contributed by atoms with Crippen molar-refractivity contribution >= 4 is 29.1 Å². The summed E-state index contributed by atoms with van der Waals surface area (Å²) in [5.41, 5.74) is 0.0324. The number of anilines is 2. The van der Waals surface area contributed by atoms with Crippen LogP contribution >= 0.6 is 12.2 Å². The summed E-state index contributed by atoms with van der Waals surface area (Å²) in [6.45, 7) is 4.49. The van der Waals surface area contributed by atoms with Crippen molar-refractivity contribution in [2.24, 2.45) is 0 Å². The third kappa shape index (κ3) is 5.78. The summed E-state index contributed by atoms with van der Waals surface area (Å²) >= 11 is 5.44. The second-order valence-electron chi connectivity index (χ2n) is 9.04. The first-order valence-corrected chi connectivity index (χ1v) is 12.1. The molecular weight excluding hydrogens is 463 g/mol. The molecule has 3 heterocycles. The highest BCUT2D eigenvalue weighted by Crippen LogP contribution is 2.35. The third-order valence-corrected chi connectivity index (χ3v) is 7.00. The van der Waals surface area contributed by atoms with Gasteiger partial charge in [-0.1, -0.05) is 30.3 Å². The zero-order valence-electron chi connectivity index (χ0n) is 19.2. The molecule has 2 aromatic rings. The van der Waals surface area contributed by atoms with E-state index < -0.39 is 11.9 Å². The molecule has 10 heteroatoms. The van der Waals surface area contributed by atoms with E-state index in [4.69, 9.17) is 17.0 Å². The van der Waals surface area contributed by atoms with Gasteiger partial charge in [-0.05, 0) is 56.8 Å². The SMILES string of the molecule is C[C@@H]1CCCCN1c1cc(C(F)(F)F)nc(NC(=S)NCC2(c3ccccc3)CCOCC2)n1. The lowest BCUT2D eigenvalue weighted by Gasteiger charge is -2.38. The van der Waals surface area contributed by atoms with Crippen LogP contribution in [-0.4, -0.2) is 47.4 Å². The second kappa shape index (κ2) is 10.4. The van der Waals surface area contributed by atoms with Crippen LogP contribution in [0.25, 0.3) is 0 Å². The average Bonchev–Trinajstić information content (AvgIpc) is 2.83. The van der Waals surface area contributed by atoms with Crippen LogP contribution in [0.15, 0.2) is 36.4 Å². The van der Waals surface area contributed by atoms with Gasteiger partial charge in [-0.3, -0.25) is 0 Å². The van der Waals surface area contributed by atoms with Crippen LogP contribution < -0.4 is 15.5 Å². The number of aromatic nitrogens is 2. The van der Waals surface area contributed by atoms with Gasteiger partial charge in [0, 0.05) is 43.8 Å². The van der Waals surface area contributed by atoms with Crippen LogP contribution in [-0.2, 0) is 16.3 Å². The van der Waals surface area contributed by atoms with E-state index in [0.717, 1.165) is 38.2 Å². The van der Waals surface area contributed by atoms with Crippen molar-refractivity contribution in [3.63, 3.8) is 0 Å². The molecule has 0 aliphatic carbocycles. The summed E-state index contributed by atoms with van der Waals surface area (Å²) in [5, 5.41) is 6.19. The van der Waals surface area contributed by atoms with Crippen molar-refractivity contribution in [2.75, 3.05) is 36.5 Å². The number of alkyl halides is 3. The molecule has 6 nitrogen and oxygen atoms in total. The summed E-state index contributed by atoms with van der Waals surface area (Å²) in [5.74, 6) is 0.117. The largest absolute Gasteiger partial charge is 0.433 e. The number of thiocarbonyl (C=S) groups is 1. The molecule has 2 aliphatic rings. The van der Waals surface area contributed by atoms with Gasteiger partial charge in [-0.15, -0.1) is 0 Å². The van der Waals surface area contributed by atoms with Crippen LogP contribution in [0, 0.1) is 0 Å². The van der Waals surface area contributed by atoms with E-state index in [9.17, 15) is 13.2 Å². The summed E-state index contributed by atoms with van der Waals surface area (Å²) in [4.78, 5) is 10.0. The minimum absolute atomic E-state index is 0.113. The Bertz CT molecular complexity index is 982. The maximum Gasteiger partial charge on any atom is 0.433 e. The molecule has 0 radical (unpaired) electrons. The van der Waals surface area contributed by atoms with Crippen molar-refractivity contribution in [1.29, 1.82) is 0 Å². The van der Waals surface area contributed by atoms with Crippen molar-refractivity contribution in [3.05, 3.63) is 47.7 Å². The monoisotopic (exact) mass is 493 g/mol. The van der Waals surface area contributed by atoms with E-state index in [0.29, 0.717) is 26.3 Å². The highest BCUT2D eigenvalue weighted by molar-refractivity contribution is 7.80. The molecule has 0 unspecified atom stereocenters. The van der Waals surface area contributed by atoms with Gasteiger partial charge >= 0.3 is 6.18 Å². The Labute approximate surface area is 203 Å². The highest BCUT2D eigenvalue weighted by Gasteiger charge is 2.36. The number of piperidine rings is 1. The predicted molar refractivity (Wildman–Crippen MR) is 130 cm³/mol. The minimum Gasteiger partial charge on any atom is -0.381 e. The Balaban J connectivity index is 1.51. The molecule has 1 aromatic carbocycles. The molecule has 184 valence electrons. The van der Waals surface area contributed by atoms with Crippen molar-refractivity contribution in [3.8, 4) is 0 Å². The summed E-state index contributed by atoms with van der Waals surface area (Å²) in [6.07, 6.45) is -0.0414. The lowest BCUT2D eigenvalue weighted by molar-refractivity contribution is -0.141. The van der Waals surface area contributed by atoms with Crippen LogP contribution in [0.1, 0.15) is 50.3 Å². The van der Waals surface area contributed by atoms with Gasteiger partial charge in [-0.2, -0.15) is 18.2 Å². The van der Waals surface area contributed by atoms with E-state index in [1.807, 2.05) is 30.0 Å². The van der Waals surface area contributed by atoms with Crippen molar-refractivity contribution in [1.82, 2.24) is 15.3 Å². The molecule has 1 atom stereocenters. The molecule has 2 N–H and O–H groups in total. The Morgan fingerprint density at radius 3 is 2.59 bits per heavy atom. The van der Waals surface area contributed by atoms with Gasteiger partial charge in [0.25, 0.3) is 0 Å². The molecule has 2 fully saturated rings. The van der Waals surface area contributed by atoms with E-state index in [-0.39, 0.29) is 28.3 Å². The van der Waals surface area contributed by atoms with E-state index >= 15 is 0 Å². The lowest BCUT2D eigenvalue weighted by atomic mass is 9.74. The smallest absolute Gasteiger partial charge is 0.381 e. The Hall–Kier alpha value is -2.46. The normalized spacial score (nSPS) is 20.6. The topological polar surface area (TPSA) is 62.3 Å². The van der Waals surface area contributed by atoms with E-state index in [2.05, 4.69) is 32.7 Å². The average molecular weight is 494 g/mol. The number of hydrogen-bond donors (Lipinski definition) is 2. The van der Waals surface area contributed by atoms with Gasteiger partial charge in [0.05, 0.1) is 0 Å². The third-order valence-electron chi connectivity index (χ3n) is 6.75. The van der Waals surface area contributed by atoms with Gasteiger partial charge in [-0.25, -0.2) is 4.98 Å². The first-order chi connectivity index (χ1) is 16.3. The number of nitrogens with zero attached hydrogens (tertiary/aromatic N) is 3. The maximum absolute atomic E-state index is 13.6. The number of halogens is 3. The standard InChI is InChI=1S/C24H30F3N5OS/c1-17-7-5-6-12-32(17)20-15-19(24(25,26)27)29-21(30-20)31-22(34)28-16-23(10-13-33-14-11-23)18-8-3-2-4-9-18/h2-4,8-9,15,17H,5-7,10-14,16H2,1H3,(H2,28,29,30,31,34)/t17-/m1/s1. The maximum atomic E-state index is 13.6. The predicted octanol–water partition coefficient (Wildman–Crippen LogP) is 4.91. The second-order valence-corrected chi connectivity index (χ2v) is 9.45. The number of benzene rings is 1. The summed E-state index contributed by atoms with van der Waals surface area (Å²) in [6, 6.07) is 11.3. The quantitative estimate of drug-likeness (QED) is 0.574. The van der Waals surface area contributed by atoms with Crippen LogP contribution in [0.2, 0.25) is 0 Å². The highest BCUT2D eigenvalue weighted by atomic mass is 32.1. The number of rotatable bonds is 5. The van der Waals surface area contributed by atoms with Crippen LogP contribution in [0.5, 0.6) is 0 Å². The molecule has 34 heavy (non-hydrogen) atoms. The van der Waals surface area contributed by atoms with Gasteiger partial charge < -0.3 is 20.3 Å².